The van der Waals surface area contributed by atoms with Gasteiger partial charge in [0.15, 0.2) is 0 Å². The van der Waals surface area contributed by atoms with E-state index in [0.29, 0.717) is 5.69 Å². The van der Waals surface area contributed by atoms with E-state index in [1.165, 1.54) is 28.0 Å². The zero-order chi connectivity index (χ0) is 17.1. The molecule has 122 valence electrons. The Morgan fingerprint density at radius 1 is 1.38 bits per heavy atom. The third kappa shape index (κ3) is 3.24. The number of aryl methyl sites for hydroxylation is 1. The molecule has 1 N–H and O–H groups in total. The number of tetrazole rings is 1. The number of amides is 1. The quantitative estimate of drug-likeness (QED) is 0.538. The highest BCUT2D eigenvalue weighted by Gasteiger charge is 2.14. The normalized spacial score (nSPS) is 10.5. The second kappa shape index (κ2) is 6.24. The van der Waals surface area contributed by atoms with E-state index in [4.69, 9.17) is 0 Å². The maximum Gasteiger partial charge on any atom is 0.389 e. The second-order valence-corrected chi connectivity index (χ2v) is 4.93. The van der Waals surface area contributed by atoms with Crippen LogP contribution in [0.15, 0.2) is 36.8 Å². The van der Waals surface area contributed by atoms with Crippen molar-refractivity contribution in [2.24, 2.45) is 0 Å². The van der Waals surface area contributed by atoms with Gasteiger partial charge in [0.25, 0.3) is 0 Å². The smallest absolute Gasteiger partial charge is 0.358 e. The maximum atomic E-state index is 12.1. The molecule has 2 heterocycles. The first-order valence-corrected chi connectivity index (χ1v) is 6.84. The first-order valence-electron chi connectivity index (χ1n) is 6.84. The lowest BCUT2D eigenvalue weighted by Gasteiger charge is -2.09. The molecule has 0 unspecified atom stereocenters. The maximum absolute atomic E-state index is 12.1. The molecule has 3 aromatic rings. The van der Waals surface area contributed by atoms with Gasteiger partial charge in [0.2, 0.25) is 5.91 Å². The molecule has 0 aliphatic carbocycles. The van der Waals surface area contributed by atoms with Crippen LogP contribution in [0, 0.1) is 17.0 Å². The van der Waals surface area contributed by atoms with Crippen LogP contribution in [0.25, 0.3) is 5.69 Å². The van der Waals surface area contributed by atoms with Crippen LogP contribution in [0.4, 0.5) is 11.5 Å². The van der Waals surface area contributed by atoms with Crippen molar-refractivity contribution in [3.63, 3.8) is 0 Å². The molecule has 2 aromatic heterocycles. The lowest BCUT2D eigenvalue weighted by Crippen LogP contribution is -2.19. The molecular weight excluding hydrogens is 316 g/mol. The van der Waals surface area contributed by atoms with E-state index in [9.17, 15) is 14.9 Å². The van der Waals surface area contributed by atoms with Gasteiger partial charge >= 0.3 is 5.82 Å². The Hall–Kier alpha value is -3.63. The molecule has 1 amide bonds. The van der Waals surface area contributed by atoms with E-state index in [-0.39, 0.29) is 18.3 Å². The van der Waals surface area contributed by atoms with Gasteiger partial charge in [-0.1, -0.05) is 6.07 Å². The van der Waals surface area contributed by atoms with Crippen molar-refractivity contribution in [2.45, 2.75) is 13.5 Å². The largest absolute Gasteiger partial charge is 0.389 e. The van der Waals surface area contributed by atoms with Crippen LogP contribution in [-0.4, -0.2) is 40.8 Å². The summed E-state index contributed by atoms with van der Waals surface area (Å²) >= 11 is 0. The highest BCUT2D eigenvalue weighted by molar-refractivity contribution is 5.90. The Kier molecular flexibility index (Phi) is 3.97. The number of benzene rings is 1. The number of aromatic nitrogens is 6. The lowest BCUT2D eigenvalue weighted by atomic mass is 10.2. The number of nitro groups is 1. The molecule has 3 rings (SSSR count). The summed E-state index contributed by atoms with van der Waals surface area (Å²) in [6.45, 7) is 1.76. The van der Waals surface area contributed by atoms with Crippen molar-refractivity contribution < 1.29 is 9.72 Å². The predicted molar refractivity (Wildman–Crippen MR) is 81.4 cm³/mol. The summed E-state index contributed by atoms with van der Waals surface area (Å²) in [5.74, 6) is -0.668. The summed E-state index contributed by atoms with van der Waals surface area (Å²) < 4.78 is 2.69. The van der Waals surface area contributed by atoms with Gasteiger partial charge in [-0.2, -0.15) is 4.68 Å². The summed E-state index contributed by atoms with van der Waals surface area (Å²) in [6.07, 6.45) is 2.83. The van der Waals surface area contributed by atoms with Gasteiger partial charge in [0, 0.05) is 5.69 Å². The Labute approximate surface area is 135 Å². The molecule has 0 radical (unpaired) electrons. The van der Waals surface area contributed by atoms with Crippen LogP contribution >= 0.6 is 0 Å². The molecule has 0 fully saturated rings. The third-order valence-corrected chi connectivity index (χ3v) is 3.21. The minimum absolute atomic E-state index is 0.137. The fourth-order valence-corrected chi connectivity index (χ4v) is 2.09. The molecule has 0 saturated heterocycles. The molecule has 0 bridgehead atoms. The average molecular weight is 328 g/mol. The summed E-state index contributed by atoms with van der Waals surface area (Å²) in [4.78, 5) is 22.0. The van der Waals surface area contributed by atoms with E-state index < -0.39 is 4.92 Å². The van der Waals surface area contributed by atoms with Crippen molar-refractivity contribution in [3.05, 3.63) is 52.5 Å². The number of nitrogens with zero attached hydrogens (tertiary/aromatic N) is 7. The summed E-state index contributed by atoms with van der Waals surface area (Å²) in [5.41, 5.74) is 2.22. The molecule has 11 heteroatoms. The Morgan fingerprint density at radius 3 is 2.88 bits per heavy atom. The molecule has 0 aliphatic rings. The van der Waals surface area contributed by atoms with Crippen LogP contribution in [0.3, 0.4) is 0 Å². The number of nitrogens with one attached hydrogen (secondary N) is 1. The first kappa shape index (κ1) is 15.3. The zero-order valence-electron chi connectivity index (χ0n) is 12.5. The number of carbonyl (C=O) groups is 1. The van der Waals surface area contributed by atoms with E-state index in [1.807, 2.05) is 13.0 Å². The van der Waals surface area contributed by atoms with Crippen molar-refractivity contribution in [1.29, 1.82) is 0 Å². The van der Waals surface area contributed by atoms with Crippen LogP contribution < -0.4 is 5.32 Å². The average Bonchev–Trinajstić information content (AvgIpc) is 3.20. The lowest BCUT2D eigenvalue weighted by molar-refractivity contribution is -0.389. The van der Waals surface area contributed by atoms with Crippen LogP contribution in [0.2, 0.25) is 0 Å². The Morgan fingerprint density at radius 2 is 2.21 bits per heavy atom. The van der Waals surface area contributed by atoms with Crippen LogP contribution in [0.1, 0.15) is 5.56 Å². The fourth-order valence-electron chi connectivity index (χ4n) is 2.09. The van der Waals surface area contributed by atoms with Crippen molar-refractivity contribution in [2.75, 3.05) is 5.32 Å². The summed E-state index contributed by atoms with van der Waals surface area (Å²) in [7, 11) is 0. The Bertz CT molecular complexity index is 887. The van der Waals surface area contributed by atoms with E-state index in [2.05, 4.69) is 25.9 Å². The van der Waals surface area contributed by atoms with E-state index in [1.54, 1.807) is 12.1 Å². The van der Waals surface area contributed by atoms with Crippen molar-refractivity contribution in [3.8, 4) is 5.69 Å². The van der Waals surface area contributed by atoms with E-state index in [0.717, 1.165) is 11.3 Å². The molecule has 0 spiro atoms. The van der Waals surface area contributed by atoms with E-state index >= 15 is 0 Å². The van der Waals surface area contributed by atoms with Gasteiger partial charge in [-0.05, 0) is 40.0 Å². The van der Waals surface area contributed by atoms with Gasteiger partial charge in [-0.25, -0.2) is 4.68 Å². The summed E-state index contributed by atoms with van der Waals surface area (Å²) in [6, 6.07) is 6.53. The molecule has 0 aliphatic heterocycles. The van der Waals surface area contributed by atoms with Gasteiger partial charge in [-0.15, -0.1) is 5.10 Å². The second-order valence-electron chi connectivity index (χ2n) is 4.93. The highest BCUT2D eigenvalue weighted by atomic mass is 16.6. The van der Waals surface area contributed by atoms with Crippen molar-refractivity contribution in [1.82, 2.24) is 30.0 Å². The number of rotatable bonds is 5. The molecule has 0 saturated carbocycles. The van der Waals surface area contributed by atoms with Gasteiger partial charge < -0.3 is 15.4 Å². The van der Waals surface area contributed by atoms with Crippen molar-refractivity contribution >= 4 is 17.4 Å². The minimum atomic E-state index is -0.618. The third-order valence-electron chi connectivity index (χ3n) is 3.21. The monoisotopic (exact) mass is 328 g/mol. The number of anilines is 1. The number of hydrogen-bond acceptors (Lipinski definition) is 7. The molecule has 11 nitrogen and oxygen atoms in total. The predicted octanol–water partition coefficient (Wildman–Crippen LogP) is 0.714. The molecule has 24 heavy (non-hydrogen) atoms. The Balaban J connectivity index is 1.72. The molecule has 1 aromatic carbocycles. The van der Waals surface area contributed by atoms with Crippen LogP contribution in [0.5, 0.6) is 0 Å². The minimum Gasteiger partial charge on any atom is -0.358 e. The fraction of sp³-hybridized carbons (Fsp3) is 0.154. The van der Waals surface area contributed by atoms with Gasteiger partial charge in [-0.3, -0.25) is 4.79 Å². The van der Waals surface area contributed by atoms with Crippen LogP contribution in [-0.2, 0) is 11.3 Å². The number of hydrogen-bond donors (Lipinski definition) is 1. The standard InChI is InChI=1S/C13H12N8O3/c1-9-2-3-10(6-11(9)20-8-14-17-18-20)15-13(22)7-19-5-4-12(16-19)21(23)24/h2-6,8H,7H2,1H3,(H,15,22). The molecular formula is C13H12N8O3. The van der Waals surface area contributed by atoms with Gasteiger partial charge in [0.05, 0.1) is 23.0 Å². The topological polar surface area (TPSA) is 134 Å². The SMILES string of the molecule is Cc1ccc(NC(=O)Cn2ccc([N+](=O)[O-])n2)cc1-n1cnnn1. The highest BCUT2D eigenvalue weighted by Crippen LogP contribution is 2.18. The van der Waals surface area contributed by atoms with Gasteiger partial charge in [0.1, 0.15) is 12.9 Å². The first-order chi connectivity index (χ1) is 11.5. The number of carbonyl (C=O) groups excluding carboxylic acids is 1. The summed E-state index contributed by atoms with van der Waals surface area (Å²) in [5, 5.41) is 28.0. The zero-order valence-corrected chi connectivity index (χ0v) is 12.5. The molecule has 0 atom stereocenters.